The van der Waals surface area contributed by atoms with E-state index in [0.717, 1.165) is 5.69 Å². The molecule has 1 aromatic carbocycles. The van der Waals surface area contributed by atoms with Gasteiger partial charge in [0.15, 0.2) is 0 Å². The predicted molar refractivity (Wildman–Crippen MR) is 45.6 cm³/mol. The molecule has 0 saturated heterocycles. The number of benzene rings is 1. The highest BCUT2D eigenvalue weighted by atomic mass is 14.5. The summed E-state index contributed by atoms with van der Waals surface area (Å²) in [7, 11) is 0. The molecule has 0 amide bonds. The van der Waals surface area contributed by atoms with E-state index in [0.29, 0.717) is 0 Å². The van der Waals surface area contributed by atoms with Crippen molar-refractivity contribution < 1.29 is 0 Å². The van der Waals surface area contributed by atoms with E-state index >= 15 is 0 Å². The standard InChI is InChI=1S/C7H9N.2H3N/c1-6-3-2-4-7(8)5-6;;/h2-5H,8H2,1H3;2*1H3. The van der Waals surface area contributed by atoms with Gasteiger partial charge < -0.3 is 18.0 Å². The Morgan fingerprint density at radius 1 is 1.20 bits per heavy atom. The van der Waals surface area contributed by atoms with E-state index in [1.165, 1.54) is 5.56 Å². The summed E-state index contributed by atoms with van der Waals surface area (Å²) < 4.78 is 0. The highest BCUT2D eigenvalue weighted by Crippen LogP contribution is 2.03. The molecule has 0 aliphatic heterocycles. The fraction of sp³-hybridized carbons (Fsp3) is 0.143. The minimum Gasteiger partial charge on any atom is -0.399 e. The molecule has 10 heavy (non-hydrogen) atoms. The summed E-state index contributed by atoms with van der Waals surface area (Å²) in [4.78, 5) is 0. The third kappa shape index (κ3) is 3.06. The van der Waals surface area contributed by atoms with Crippen LogP contribution in [0.4, 0.5) is 5.69 Å². The van der Waals surface area contributed by atoms with Gasteiger partial charge in [-0.25, -0.2) is 0 Å². The smallest absolute Gasteiger partial charge is 0.0316 e. The van der Waals surface area contributed by atoms with E-state index in [2.05, 4.69) is 0 Å². The highest BCUT2D eigenvalue weighted by Gasteiger charge is 1.81. The van der Waals surface area contributed by atoms with Crippen molar-refractivity contribution in [1.82, 2.24) is 12.3 Å². The SMILES string of the molecule is Cc1cccc(N)c1.N.N. The van der Waals surface area contributed by atoms with Crippen LogP contribution in [0, 0.1) is 6.92 Å². The quantitative estimate of drug-likeness (QED) is 0.481. The normalized spacial score (nSPS) is 7.30. The fourth-order valence-corrected chi connectivity index (χ4v) is 0.670. The molecule has 0 aliphatic rings. The zero-order valence-electron chi connectivity index (χ0n) is 6.30. The van der Waals surface area contributed by atoms with Crippen LogP contribution in [0.1, 0.15) is 5.56 Å². The first-order chi connectivity index (χ1) is 3.79. The van der Waals surface area contributed by atoms with Gasteiger partial charge in [-0.3, -0.25) is 0 Å². The predicted octanol–water partition coefficient (Wildman–Crippen LogP) is 1.90. The number of hydrogen-bond acceptors (Lipinski definition) is 3. The maximum Gasteiger partial charge on any atom is 0.0316 e. The van der Waals surface area contributed by atoms with Crippen LogP contribution in [0.3, 0.4) is 0 Å². The van der Waals surface area contributed by atoms with Crippen LogP contribution in [0.25, 0.3) is 0 Å². The maximum atomic E-state index is 5.46. The summed E-state index contributed by atoms with van der Waals surface area (Å²) in [5.41, 5.74) is 7.51. The van der Waals surface area contributed by atoms with Crippen LogP contribution >= 0.6 is 0 Å². The number of nitrogen functional groups attached to an aromatic ring is 1. The molecule has 0 atom stereocenters. The Balaban J connectivity index is 0. The van der Waals surface area contributed by atoms with Crippen LogP contribution < -0.4 is 18.0 Å². The number of hydrogen-bond donors (Lipinski definition) is 3. The number of nitrogens with two attached hydrogens (primary N) is 1. The lowest BCUT2D eigenvalue weighted by atomic mass is 10.2. The monoisotopic (exact) mass is 141 g/mol. The van der Waals surface area contributed by atoms with Gasteiger partial charge in [-0.05, 0) is 24.6 Å². The van der Waals surface area contributed by atoms with E-state index in [1.54, 1.807) is 0 Å². The minimum absolute atomic E-state index is 0. The average molecular weight is 141 g/mol. The second kappa shape index (κ2) is 4.78. The summed E-state index contributed by atoms with van der Waals surface area (Å²) in [6, 6.07) is 7.80. The summed E-state index contributed by atoms with van der Waals surface area (Å²) in [5, 5.41) is 0. The van der Waals surface area contributed by atoms with Crippen molar-refractivity contribution in [3.8, 4) is 0 Å². The molecule has 0 saturated carbocycles. The van der Waals surface area contributed by atoms with Gasteiger partial charge in [0.1, 0.15) is 0 Å². The molecule has 3 nitrogen and oxygen atoms in total. The zero-order valence-corrected chi connectivity index (χ0v) is 6.30. The topological polar surface area (TPSA) is 96.0 Å². The van der Waals surface area contributed by atoms with Crippen molar-refractivity contribution >= 4 is 5.69 Å². The summed E-state index contributed by atoms with van der Waals surface area (Å²) in [5.74, 6) is 0. The van der Waals surface area contributed by atoms with Crippen LogP contribution in [-0.2, 0) is 0 Å². The van der Waals surface area contributed by atoms with Gasteiger partial charge in [-0.15, -0.1) is 0 Å². The molecule has 0 fully saturated rings. The largest absolute Gasteiger partial charge is 0.399 e. The third-order valence-electron chi connectivity index (χ3n) is 1.04. The lowest BCUT2D eigenvalue weighted by Gasteiger charge is -1.91. The molecule has 0 heterocycles. The van der Waals surface area contributed by atoms with E-state index in [4.69, 9.17) is 5.73 Å². The lowest BCUT2D eigenvalue weighted by molar-refractivity contribution is 1.47. The van der Waals surface area contributed by atoms with Gasteiger partial charge in [0.25, 0.3) is 0 Å². The molecule has 0 radical (unpaired) electrons. The van der Waals surface area contributed by atoms with Crippen LogP contribution in [-0.4, -0.2) is 0 Å². The zero-order chi connectivity index (χ0) is 5.98. The molecular formula is C7H15N3. The third-order valence-corrected chi connectivity index (χ3v) is 1.04. The Kier molecular flexibility index (Phi) is 5.60. The van der Waals surface area contributed by atoms with E-state index in [1.807, 2.05) is 31.2 Å². The second-order valence-corrected chi connectivity index (χ2v) is 1.91. The van der Waals surface area contributed by atoms with Gasteiger partial charge >= 0.3 is 0 Å². The van der Waals surface area contributed by atoms with Crippen molar-refractivity contribution in [2.24, 2.45) is 0 Å². The lowest BCUT2D eigenvalue weighted by Crippen LogP contribution is -1.82. The van der Waals surface area contributed by atoms with Gasteiger partial charge in [0, 0.05) is 5.69 Å². The Labute approximate surface area is 61.4 Å². The Morgan fingerprint density at radius 2 is 1.80 bits per heavy atom. The van der Waals surface area contributed by atoms with Crippen LogP contribution in [0.5, 0.6) is 0 Å². The Hall–Kier alpha value is -1.06. The number of rotatable bonds is 0. The maximum absolute atomic E-state index is 5.46. The highest BCUT2D eigenvalue weighted by molar-refractivity contribution is 5.39. The van der Waals surface area contributed by atoms with Gasteiger partial charge in [-0.2, -0.15) is 0 Å². The van der Waals surface area contributed by atoms with Crippen molar-refractivity contribution in [1.29, 1.82) is 0 Å². The van der Waals surface area contributed by atoms with Gasteiger partial charge in [0.2, 0.25) is 0 Å². The molecular weight excluding hydrogens is 126 g/mol. The Bertz CT molecular complexity index is 169. The van der Waals surface area contributed by atoms with E-state index < -0.39 is 0 Å². The van der Waals surface area contributed by atoms with E-state index in [9.17, 15) is 0 Å². The number of aryl methyl sites for hydroxylation is 1. The molecule has 1 rings (SSSR count). The second-order valence-electron chi connectivity index (χ2n) is 1.91. The van der Waals surface area contributed by atoms with E-state index in [-0.39, 0.29) is 12.3 Å². The molecule has 3 heteroatoms. The molecule has 0 bridgehead atoms. The van der Waals surface area contributed by atoms with Crippen molar-refractivity contribution in [3.63, 3.8) is 0 Å². The first-order valence-corrected chi connectivity index (χ1v) is 2.61. The minimum atomic E-state index is 0. The van der Waals surface area contributed by atoms with Crippen LogP contribution in [0.2, 0.25) is 0 Å². The molecule has 0 spiro atoms. The van der Waals surface area contributed by atoms with Crippen molar-refractivity contribution in [3.05, 3.63) is 29.8 Å². The van der Waals surface area contributed by atoms with Crippen molar-refractivity contribution in [2.45, 2.75) is 6.92 Å². The summed E-state index contributed by atoms with van der Waals surface area (Å²) >= 11 is 0. The first kappa shape index (κ1) is 11.7. The summed E-state index contributed by atoms with van der Waals surface area (Å²) in [6.45, 7) is 2.02. The average Bonchev–Trinajstić information content (AvgIpc) is 1.64. The molecule has 0 unspecified atom stereocenters. The van der Waals surface area contributed by atoms with Crippen molar-refractivity contribution in [2.75, 3.05) is 5.73 Å². The molecule has 0 aromatic heterocycles. The Morgan fingerprint density at radius 3 is 2.10 bits per heavy atom. The fourth-order valence-electron chi connectivity index (χ4n) is 0.670. The van der Waals surface area contributed by atoms with Gasteiger partial charge in [0.05, 0.1) is 0 Å². The summed E-state index contributed by atoms with van der Waals surface area (Å²) in [6.07, 6.45) is 0. The molecule has 1 aromatic rings. The van der Waals surface area contributed by atoms with Gasteiger partial charge in [-0.1, -0.05) is 12.1 Å². The first-order valence-electron chi connectivity index (χ1n) is 2.61. The molecule has 0 aliphatic carbocycles. The molecule has 58 valence electrons. The molecule has 8 N–H and O–H groups in total. The number of anilines is 1. The van der Waals surface area contributed by atoms with Crippen LogP contribution in [0.15, 0.2) is 24.3 Å².